The fraction of sp³-hybridized carbons (Fsp3) is 0.577. The fourth-order valence-corrected chi connectivity index (χ4v) is 5.85. The van der Waals surface area contributed by atoms with Crippen molar-refractivity contribution in [2.45, 2.75) is 51.0 Å². The molecule has 1 aromatic carbocycles. The van der Waals surface area contributed by atoms with Crippen LogP contribution in [0.25, 0.3) is 0 Å². The average Bonchev–Trinajstić information content (AvgIpc) is 3.15. The zero-order valence-electron chi connectivity index (χ0n) is 22.0. The van der Waals surface area contributed by atoms with Gasteiger partial charge in [0, 0.05) is 46.3 Å². The first-order valence-corrected chi connectivity index (χ1v) is 14.1. The second kappa shape index (κ2) is 10.9. The third-order valence-electron chi connectivity index (χ3n) is 7.26. The summed E-state index contributed by atoms with van der Waals surface area (Å²) in [5.74, 6) is -0.641. The minimum Gasteiger partial charge on any atom is -0.462 e. The number of amides is 1. The normalized spacial score (nSPS) is 18.2. The lowest BCUT2D eigenvalue weighted by molar-refractivity contribution is 0.0151. The molecule has 37 heavy (non-hydrogen) atoms. The Hall–Kier alpha value is -2.76. The van der Waals surface area contributed by atoms with E-state index < -0.39 is 16.0 Å². The lowest BCUT2D eigenvalue weighted by Gasteiger charge is -2.36. The van der Waals surface area contributed by atoms with Crippen LogP contribution in [-0.2, 0) is 38.9 Å². The number of ether oxygens (including phenoxy) is 2. The van der Waals surface area contributed by atoms with E-state index in [4.69, 9.17) is 14.6 Å². The zero-order chi connectivity index (χ0) is 26.8. The van der Waals surface area contributed by atoms with Crippen molar-refractivity contribution < 1.29 is 27.5 Å². The van der Waals surface area contributed by atoms with Crippen LogP contribution >= 0.6 is 0 Å². The average molecular weight is 533 g/mol. The summed E-state index contributed by atoms with van der Waals surface area (Å²) in [4.78, 5) is 25.7. The predicted molar refractivity (Wildman–Crippen MR) is 137 cm³/mol. The third kappa shape index (κ3) is 5.73. The molecule has 0 radical (unpaired) electrons. The van der Waals surface area contributed by atoms with Gasteiger partial charge in [-0.05, 0) is 55.4 Å². The number of nitrogens with one attached hydrogen (secondary N) is 1. The topological polar surface area (TPSA) is 120 Å². The summed E-state index contributed by atoms with van der Waals surface area (Å²) in [5, 5.41) is 7.90. The Kier molecular flexibility index (Phi) is 8.05. The van der Waals surface area contributed by atoms with Crippen LogP contribution in [0.15, 0.2) is 29.2 Å². The van der Waals surface area contributed by atoms with Crippen LogP contribution < -0.4 is 5.32 Å². The molecule has 0 bridgehead atoms. The molecule has 1 spiro atoms. The number of aromatic nitrogens is 2. The molecular formula is C26H36N4O6S. The first-order chi connectivity index (χ1) is 17.6. The maximum absolute atomic E-state index is 13.0. The van der Waals surface area contributed by atoms with Crippen molar-refractivity contribution in [1.82, 2.24) is 19.4 Å². The molecule has 2 aliphatic heterocycles. The molecule has 11 heteroatoms. The summed E-state index contributed by atoms with van der Waals surface area (Å²) in [7, 11) is -0.658. The van der Waals surface area contributed by atoms with Crippen LogP contribution in [0.3, 0.4) is 0 Å². The number of sulfonamides is 1. The number of benzene rings is 1. The second-order valence-electron chi connectivity index (χ2n) is 10.3. The first-order valence-electron chi connectivity index (χ1n) is 12.7. The van der Waals surface area contributed by atoms with E-state index in [1.54, 1.807) is 0 Å². The lowest BCUT2D eigenvalue weighted by Crippen LogP contribution is -2.41. The molecule has 1 N–H and O–H groups in total. The monoisotopic (exact) mass is 532 g/mol. The third-order valence-corrected chi connectivity index (χ3v) is 9.09. The number of carbonyl (C=O) groups excluding carboxylic acids is 2. The minimum atomic E-state index is -3.57. The van der Waals surface area contributed by atoms with Crippen LogP contribution in [-0.4, -0.2) is 74.8 Å². The van der Waals surface area contributed by atoms with Crippen LogP contribution in [0.5, 0.6) is 0 Å². The van der Waals surface area contributed by atoms with Crippen LogP contribution in [0.2, 0.25) is 0 Å². The highest BCUT2D eigenvalue weighted by molar-refractivity contribution is 7.89. The smallest absolute Gasteiger partial charge is 0.338 e. The van der Waals surface area contributed by atoms with Gasteiger partial charge >= 0.3 is 5.97 Å². The van der Waals surface area contributed by atoms with Gasteiger partial charge in [-0.3, -0.25) is 9.48 Å². The van der Waals surface area contributed by atoms with E-state index in [-0.39, 0.29) is 34.3 Å². The molecule has 2 aromatic rings. The van der Waals surface area contributed by atoms with E-state index >= 15 is 0 Å². The van der Waals surface area contributed by atoms with Crippen molar-refractivity contribution in [1.29, 1.82) is 0 Å². The molecule has 4 rings (SSSR count). The van der Waals surface area contributed by atoms with Gasteiger partial charge in [0.15, 0.2) is 0 Å². The van der Waals surface area contributed by atoms with Gasteiger partial charge in [-0.15, -0.1) is 0 Å². The van der Waals surface area contributed by atoms with Gasteiger partial charge in [-0.1, -0.05) is 13.8 Å². The number of rotatable bonds is 8. The summed E-state index contributed by atoms with van der Waals surface area (Å²) in [5.41, 5.74) is 2.66. The van der Waals surface area contributed by atoms with E-state index in [1.165, 1.54) is 38.4 Å². The van der Waals surface area contributed by atoms with E-state index in [0.717, 1.165) is 35.0 Å². The van der Waals surface area contributed by atoms with Crippen molar-refractivity contribution in [3.63, 3.8) is 0 Å². The van der Waals surface area contributed by atoms with Gasteiger partial charge in [0.25, 0.3) is 5.91 Å². The Morgan fingerprint density at radius 1 is 1.24 bits per heavy atom. The van der Waals surface area contributed by atoms with Crippen LogP contribution in [0.1, 0.15) is 58.8 Å². The highest BCUT2D eigenvalue weighted by Crippen LogP contribution is 2.37. The van der Waals surface area contributed by atoms with Gasteiger partial charge in [0.2, 0.25) is 10.0 Å². The van der Waals surface area contributed by atoms with E-state index in [0.29, 0.717) is 38.3 Å². The zero-order valence-corrected chi connectivity index (χ0v) is 22.8. The molecule has 1 aromatic heterocycles. The summed E-state index contributed by atoms with van der Waals surface area (Å²) in [6.45, 7) is 6.65. The predicted octanol–water partition coefficient (Wildman–Crippen LogP) is 2.27. The molecular weight excluding hydrogens is 496 g/mol. The summed E-state index contributed by atoms with van der Waals surface area (Å²) in [6, 6.07) is 5.71. The van der Waals surface area contributed by atoms with Crippen LogP contribution in [0, 0.1) is 11.3 Å². The Morgan fingerprint density at radius 3 is 2.54 bits per heavy atom. The summed E-state index contributed by atoms with van der Waals surface area (Å²) < 4.78 is 38.6. The molecule has 3 heterocycles. The molecule has 1 saturated heterocycles. The highest BCUT2D eigenvalue weighted by Gasteiger charge is 2.39. The Morgan fingerprint density at radius 2 is 1.92 bits per heavy atom. The van der Waals surface area contributed by atoms with E-state index in [1.807, 2.05) is 18.5 Å². The Balaban J connectivity index is 1.45. The summed E-state index contributed by atoms with van der Waals surface area (Å²) in [6.07, 6.45) is 3.19. The van der Waals surface area contributed by atoms with Gasteiger partial charge in [-0.2, -0.15) is 5.10 Å². The van der Waals surface area contributed by atoms with E-state index in [2.05, 4.69) is 5.32 Å². The molecule has 10 nitrogen and oxygen atoms in total. The summed E-state index contributed by atoms with van der Waals surface area (Å²) >= 11 is 0. The Bertz CT molecular complexity index is 1250. The molecule has 1 fully saturated rings. The van der Waals surface area contributed by atoms with E-state index in [9.17, 15) is 18.0 Å². The SMILES string of the molecule is CCc1nn(C[C@@H](C)COC(=O)c2ccc(S(=O)(=O)N(C)C)cc2)c2c1C(=O)NCC1(CCOCC1)C2. The van der Waals surface area contributed by atoms with Crippen molar-refractivity contribution in [3.8, 4) is 0 Å². The quantitative estimate of drug-likeness (QED) is 0.518. The molecule has 1 atom stereocenters. The molecule has 0 unspecified atom stereocenters. The number of aryl methyl sites for hydroxylation is 1. The van der Waals surface area contributed by atoms with Crippen molar-refractivity contribution in [3.05, 3.63) is 46.8 Å². The number of carbonyl (C=O) groups is 2. The second-order valence-corrected chi connectivity index (χ2v) is 12.4. The fourth-order valence-electron chi connectivity index (χ4n) is 4.95. The maximum Gasteiger partial charge on any atom is 0.338 e. The van der Waals surface area contributed by atoms with Crippen LogP contribution in [0.4, 0.5) is 0 Å². The Labute approximate surface area is 218 Å². The van der Waals surface area contributed by atoms with Crippen molar-refractivity contribution in [2.24, 2.45) is 11.3 Å². The molecule has 0 saturated carbocycles. The standard InChI is InChI=1S/C26H36N4O6S/c1-5-21-23-22(14-26(17-27-24(23)31)10-12-35-13-11-26)30(28-21)15-18(2)16-36-25(32)19-6-8-20(9-7-19)37(33,34)29(3)4/h6-9,18H,5,10-17H2,1-4H3,(H,27,31)/t18-/m1/s1. The van der Waals surface area contributed by atoms with Crippen molar-refractivity contribution >= 4 is 21.9 Å². The first kappa shape index (κ1) is 27.3. The van der Waals surface area contributed by atoms with Gasteiger partial charge in [0.1, 0.15) is 0 Å². The largest absolute Gasteiger partial charge is 0.462 e. The number of hydrogen-bond donors (Lipinski definition) is 1. The number of esters is 1. The molecule has 1 amide bonds. The van der Waals surface area contributed by atoms with Gasteiger partial charge < -0.3 is 14.8 Å². The lowest BCUT2D eigenvalue weighted by atomic mass is 9.76. The maximum atomic E-state index is 13.0. The van der Waals surface area contributed by atoms with Gasteiger partial charge in [-0.25, -0.2) is 17.5 Å². The number of hydrogen-bond acceptors (Lipinski definition) is 7. The van der Waals surface area contributed by atoms with Gasteiger partial charge in [0.05, 0.1) is 34.0 Å². The highest BCUT2D eigenvalue weighted by atomic mass is 32.2. The number of nitrogens with zero attached hydrogens (tertiary/aromatic N) is 3. The molecule has 2 aliphatic rings. The number of fused-ring (bicyclic) bond motifs is 1. The molecule has 202 valence electrons. The van der Waals surface area contributed by atoms with Crippen molar-refractivity contribution in [2.75, 3.05) is 40.5 Å². The minimum absolute atomic E-state index is 0.0378. The molecule has 0 aliphatic carbocycles.